The predicted octanol–water partition coefficient (Wildman–Crippen LogP) is 2.97. The van der Waals surface area contributed by atoms with E-state index in [0.29, 0.717) is 45.0 Å². The number of aromatic nitrogens is 3. The van der Waals surface area contributed by atoms with Gasteiger partial charge in [0.2, 0.25) is 11.8 Å². The molecule has 1 aliphatic carbocycles. The van der Waals surface area contributed by atoms with Crippen molar-refractivity contribution >= 4 is 17.4 Å². The fraction of sp³-hybridized carbons (Fsp3) is 0.667. The maximum Gasteiger partial charge on any atom is 0.403 e. The van der Waals surface area contributed by atoms with Gasteiger partial charge >= 0.3 is 6.18 Å². The van der Waals surface area contributed by atoms with E-state index < -0.39 is 17.6 Å². The van der Waals surface area contributed by atoms with Gasteiger partial charge in [0.15, 0.2) is 5.82 Å². The molecule has 2 aromatic rings. The van der Waals surface area contributed by atoms with E-state index in [4.69, 9.17) is 0 Å². The second-order valence-electron chi connectivity index (χ2n) is 15.5. The highest BCUT2D eigenvalue weighted by molar-refractivity contribution is 5.86. The molecule has 6 aliphatic rings. The van der Waals surface area contributed by atoms with E-state index >= 15 is 0 Å². The molecular formula is C36H48F3N9O2. The molecule has 270 valence electrons. The van der Waals surface area contributed by atoms with Crippen LogP contribution in [0.25, 0.3) is 17.0 Å². The molecule has 6 unspecified atom stereocenters. The van der Waals surface area contributed by atoms with E-state index in [0.717, 1.165) is 62.7 Å². The Hall–Kier alpha value is -3.33. The van der Waals surface area contributed by atoms with E-state index in [9.17, 15) is 22.8 Å². The predicted molar refractivity (Wildman–Crippen MR) is 181 cm³/mol. The Labute approximate surface area is 291 Å². The number of hydrogen-bond acceptors (Lipinski definition) is 8. The molecule has 6 heterocycles. The third-order valence-corrected chi connectivity index (χ3v) is 12.6. The third-order valence-electron chi connectivity index (χ3n) is 12.6. The van der Waals surface area contributed by atoms with Crippen LogP contribution in [0, 0.1) is 17.3 Å². The van der Waals surface area contributed by atoms with Gasteiger partial charge in [-0.15, -0.1) is 0 Å². The summed E-state index contributed by atoms with van der Waals surface area (Å²) in [7, 11) is 1.85. The lowest BCUT2D eigenvalue weighted by atomic mass is 9.72. The van der Waals surface area contributed by atoms with Crippen molar-refractivity contribution in [2.45, 2.75) is 81.7 Å². The van der Waals surface area contributed by atoms with E-state index in [-0.39, 0.29) is 48.2 Å². The molecule has 8 rings (SSSR count). The number of aryl methyl sites for hydroxylation is 1. The van der Waals surface area contributed by atoms with Gasteiger partial charge in [0.05, 0.1) is 12.0 Å². The third kappa shape index (κ3) is 6.48. The van der Waals surface area contributed by atoms with Crippen LogP contribution < -0.4 is 16.2 Å². The van der Waals surface area contributed by atoms with E-state index in [1.165, 1.54) is 5.57 Å². The Balaban J connectivity index is 0.836. The molecule has 2 amide bonds. The molecule has 0 bridgehead atoms. The molecule has 50 heavy (non-hydrogen) atoms. The van der Waals surface area contributed by atoms with Crippen LogP contribution in [-0.4, -0.2) is 117 Å². The summed E-state index contributed by atoms with van der Waals surface area (Å²) in [6.07, 6.45) is 5.38. The number of hydrazine groups is 1. The average molecular weight is 696 g/mol. The maximum absolute atomic E-state index is 14.1. The van der Waals surface area contributed by atoms with Crippen molar-refractivity contribution in [1.29, 1.82) is 0 Å². The maximum atomic E-state index is 14.1. The highest BCUT2D eigenvalue weighted by Gasteiger charge is 2.54. The van der Waals surface area contributed by atoms with Gasteiger partial charge < -0.3 is 15.1 Å². The number of rotatable bonds is 6. The molecule has 3 N–H and O–H groups in total. The highest BCUT2D eigenvalue weighted by atomic mass is 19.4. The molecule has 5 fully saturated rings. The Morgan fingerprint density at radius 1 is 1.02 bits per heavy atom. The molecule has 1 saturated carbocycles. The summed E-state index contributed by atoms with van der Waals surface area (Å²) >= 11 is 0. The summed E-state index contributed by atoms with van der Waals surface area (Å²) in [4.78, 5) is 38.0. The van der Waals surface area contributed by atoms with Crippen LogP contribution >= 0.6 is 0 Å². The lowest BCUT2D eigenvalue weighted by molar-refractivity contribution is -0.164. The minimum atomic E-state index is -4.24. The van der Waals surface area contributed by atoms with Crippen molar-refractivity contribution in [3.8, 4) is 11.4 Å². The molecule has 1 aromatic heterocycles. The Kier molecular flexibility index (Phi) is 9.01. The van der Waals surface area contributed by atoms with Crippen LogP contribution in [0.5, 0.6) is 0 Å². The summed E-state index contributed by atoms with van der Waals surface area (Å²) in [6.45, 7) is 4.00. The van der Waals surface area contributed by atoms with Gasteiger partial charge in [-0.2, -0.15) is 18.3 Å². The highest BCUT2D eigenvalue weighted by Crippen LogP contribution is 2.45. The number of carbonyl (C=O) groups excluding carboxylic acids is 2. The standard InChI is InChI=1S/C36H48F3N9O2/c1-45-22-41-33(44-45)25-4-2-23(3-5-25)24-9-14-47(15-10-24)31(49)20-46-16-11-35(21-46)12-17-48(34(35)50)27-6-7-29-28(19-27)32(43-42-29)26-8-13-40-30(18-26)36(37,38)39/h2-5,9,22,26-30,32,40,42-43H,6-8,10-21H2,1H3/t26?,27?,28?,29?,30?,32?,35-/m0/s1. The Morgan fingerprint density at radius 3 is 2.56 bits per heavy atom. The monoisotopic (exact) mass is 695 g/mol. The first-order valence-corrected chi connectivity index (χ1v) is 18.3. The van der Waals surface area contributed by atoms with Crippen LogP contribution in [0.2, 0.25) is 0 Å². The summed E-state index contributed by atoms with van der Waals surface area (Å²) in [5, 5.41) is 7.03. The van der Waals surface area contributed by atoms with Crippen molar-refractivity contribution in [1.82, 2.24) is 45.6 Å². The van der Waals surface area contributed by atoms with Gasteiger partial charge in [-0.3, -0.25) is 30.0 Å². The van der Waals surface area contributed by atoms with Crippen molar-refractivity contribution in [2.75, 3.05) is 45.8 Å². The quantitative estimate of drug-likeness (QED) is 0.424. The SMILES string of the molecule is Cn1cnc(-c2ccc(C3=CCN(C(=O)CN4CC[C@]5(CCN(C6CCC7NNC(C8CCNC(C(F)(F)F)C8)C7C6)C5=O)C4)CC3)cc2)n1. The topological polar surface area (TPSA) is 111 Å². The second kappa shape index (κ2) is 13.3. The minimum absolute atomic E-state index is 0.0228. The number of carbonyl (C=O) groups is 2. The molecule has 7 atom stereocenters. The molecule has 5 aliphatic heterocycles. The molecule has 14 heteroatoms. The van der Waals surface area contributed by atoms with Crippen LogP contribution in [0.15, 0.2) is 36.7 Å². The van der Waals surface area contributed by atoms with Crippen LogP contribution in [-0.2, 0) is 16.6 Å². The van der Waals surface area contributed by atoms with Crippen LogP contribution in [0.4, 0.5) is 13.2 Å². The minimum Gasteiger partial charge on any atom is -0.339 e. The van der Waals surface area contributed by atoms with E-state index in [1.807, 2.05) is 24.1 Å². The van der Waals surface area contributed by atoms with Crippen molar-refractivity contribution in [2.24, 2.45) is 24.3 Å². The number of benzene rings is 1. The number of nitrogens with one attached hydrogen (secondary N) is 3. The molecular weight excluding hydrogens is 647 g/mol. The Morgan fingerprint density at radius 2 is 1.82 bits per heavy atom. The number of hydrogen-bond donors (Lipinski definition) is 3. The first-order valence-electron chi connectivity index (χ1n) is 18.3. The average Bonchev–Trinajstić information content (AvgIpc) is 3.92. The first kappa shape index (κ1) is 33.8. The lowest BCUT2D eigenvalue weighted by Crippen LogP contribution is -2.53. The summed E-state index contributed by atoms with van der Waals surface area (Å²) in [5.41, 5.74) is 9.69. The van der Waals surface area contributed by atoms with Crippen molar-refractivity contribution < 1.29 is 22.8 Å². The smallest absolute Gasteiger partial charge is 0.339 e. The van der Waals surface area contributed by atoms with Gasteiger partial charge in [-0.05, 0) is 87.4 Å². The first-order chi connectivity index (χ1) is 24.1. The lowest BCUT2D eigenvalue weighted by Gasteiger charge is -2.41. The largest absolute Gasteiger partial charge is 0.403 e. The van der Waals surface area contributed by atoms with E-state index in [2.05, 4.69) is 54.3 Å². The van der Waals surface area contributed by atoms with Gasteiger partial charge in [-0.25, -0.2) is 4.98 Å². The normalized spacial score (nSPS) is 33.7. The van der Waals surface area contributed by atoms with E-state index in [1.54, 1.807) is 11.0 Å². The summed E-state index contributed by atoms with van der Waals surface area (Å²) in [6, 6.07) is 7.11. The zero-order valence-electron chi connectivity index (χ0n) is 28.7. The zero-order valence-corrected chi connectivity index (χ0v) is 28.7. The molecule has 4 saturated heterocycles. The number of likely N-dealkylation sites (tertiary alicyclic amines) is 2. The summed E-state index contributed by atoms with van der Waals surface area (Å²) < 4.78 is 42.3. The van der Waals surface area contributed by atoms with Gasteiger partial charge in [0, 0.05) is 56.9 Å². The second-order valence-corrected chi connectivity index (χ2v) is 15.5. The zero-order chi connectivity index (χ0) is 34.6. The number of piperidine rings is 1. The van der Waals surface area contributed by atoms with Crippen molar-refractivity contribution in [3.05, 3.63) is 42.2 Å². The van der Waals surface area contributed by atoms with Gasteiger partial charge in [-0.1, -0.05) is 30.3 Å². The Bertz CT molecular complexity index is 1610. The van der Waals surface area contributed by atoms with Gasteiger partial charge in [0.1, 0.15) is 12.4 Å². The number of nitrogens with zero attached hydrogens (tertiary/aromatic N) is 6. The number of amides is 2. The molecule has 1 spiro atoms. The number of halogens is 3. The fourth-order valence-electron chi connectivity index (χ4n) is 9.76. The fourth-order valence-corrected chi connectivity index (χ4v) is 9.76. The van der Waals surface area contributed by atoms with Crippen LogP contribution in [0.1, 0.15) is 56.9 Å². The van der Waals surface area contributed by atoms with Crippen LogP contribution in [0.3, 0.4) is 0 Å². The number of fused-ring (bicyclic) bond motifs is 1. The molecule has 1 aromatic carbocycles. The number of alkyl halides is 3. The summed E-state index contributed by atoms with van der Waals surface area (Å²) in [5.74, 6) is 1.16. The molecule has 11 nitrogen and oxygen atoms in total. The van der Waals surface area contributed by atoms with Crippen molar-refractivity contribution in [3.63, 3.8) is 0 Å². The molecule has 0 radical (unpaired) electrons. The van der Waals surface area contributed by atoms with Gasteiger partial charge in [0.25, 0.3) is 0 Å².